The molecule has 1 fully saturated rings. The Kier molecular flexibility index (Phi) is 5.26. The Balaban J connectivity index is 2.09. The Morgan fingerprint density at radius 2 is 2.13 bits per heavy atom. The Hall–Kier alpha value is -1.66. The van der Waals surface area contributed by atoms with E-state index in [1.54, 1.807) is 19.9 Å². The highest BCUT2D eigenvalue weighted by molar-refractivity contribution is 5.74. The molecule has 0 spiro atoms. The summed E-state index contributed by atoms with van der Waals surface area (Å²) in [7, 11) is 1.41. The minimum atomic E-state index is -0.715. The number of hydrogen-bond donors (Lipinski definition) is 0. The summed E-state index contributed by atoms with van der Waals surface area (Å²) < 4.78 is 35.5. The zero-order valence-corrected chi connectivity index (χ0v) is 14.1. The third-order valence-electron chi connectivity index (χ3n) is 3.60. The van der Waals surface area contributed by atoms with Crippen molar-refractivity contribution >= 4 is 5.97 Å². The van der Waals surface area contributed by atoms with Crippen molar-refractivity contribution in [3.8, 4) is 11.5 Å². The van der Waals surface area contributed by atoms with Crippen LogP contribution < -0.4 is 9.47 Å². The maximum Gasteiger partial charge on any atom is 0.314 e. The van der Waals surface area contributed by atoms with Crippen molar-refractivity contribution in [1.82, 2.24) is 0 Å². The van der Waals surface area contributed by atoms with Crippen molar-refractivity contribution in [2.45, 2.75) is 51.9 Å². The van der Waals surface area contributed by atoms with Gasteiger partial charge in [-0.15, -0.1) is 0 Å². The van der Waals surface area contributed by atoms with Crippen molar-refractivity contribution in [2.75, 3.05) is 13.7 Å². The highest BCUT2D eigenvalue weighted by Crippen LogP contribution is 2.34. The van der Waals surface area contributed by atoms with E-state index in [0.29, 0.717) is 6.61 Å². The summed E-state index contributed by atoms with van der Waals surface area (Å²) >= 11 is 0. The largest absolute Gasteiger partial charge is 0.493 e. The number of carbonyl (C=O) groups is 1. The molecule has 6 heteroatoms. The van der Waals surface area contributed by atoms with Gasteiger partial charge in [-0.1, -0.05) is 13.8 Å². The maximum atomic E-state index is 14.2. The smallest absolute Gasteiger partial charge is 0.314 e. The fourth-order valence-corrected chi connectivity index (χ4v) is 2.38. The predicted molar refractivity (Wildman–Crippen MR) is 82.2 cm³/mol. The first-order valence-corrected chi connectivity index (χ1v) is 7.61. The molecule has 0 saturated carbocycles. The number of hydrogen-bond acceptors (Lipinski definition) is 5. The van der Waals surface area contributed by atoms with Gasteiger partial charge in [0.25, 0.3) is 0 Å². The zero-order chi connectivity index (χ0) is 17.2. The highest BCUT2D eigenvalue weighted by Gasteiger charge is 2.34. The van der Waals surface area contributed by atoms with E-state index in [1.165, 1.54) is 13.2 Å². The number of ether oxygens (including phenoxy) is 4. The van der Waals surface area contributed by atoms with Gasteiger partial charge in [-0.2, -0.15) is 0 Å². The molecule has 0 amide bonds. The summed E-state index contributed by atoms with van der Waals surface area (Å²) in [4.78, 5) is 12.0. The van der Waals surface area contributed by atoms with E-state index < -0.39 is 23.7 Å². The van der Waals surface area contributed by atoms with E-state index in [9.17, 15) is 9.18 Å². The molecule has 0 bridgehead atoms. The molecule has 0 aliphatic carbocycles. The number of carbonyl (C=O) groups excluding carboxylic acids is 1. The van der Waals surface area contributed by atoms with E-state index in [0.717, 1.165) is 5.56 Å². The second-order valence-electron chi connectivity index (χ2n) is 6.32. The number of benzene rings is 1. The quantitative estimate of drug-likeness (QED) is 0.613. The van der Waals surface area contributed by atoms with Crippen LogP contribution in [0, 0.1) is 5.82 Å². The van der Waals surface area contributed by atoms with Crippen LogP contribution >= 0.6 is 0 Å². The summed E-state index contributed by atoms with van der Waals surface area (Å²) in [6.07, 6.45) is -0.417. The van der Waals surface area contributed by atoms with Gasteiger partial charge in [0, 0.05) is 0 Å². The molecule has 1 aromatic carbocycles. The molecule has 1 atom stereocenters. The highest BCUT2D eigenvalue weighted by atomic mass is 19.1. The lowest BCUT2D eigenvalue weighted by Crippen LogP contribution is -2.24. The van der Waals surface area contributed by atoms with Gasteiger partial charge in [0.05, 0.1) is 26.2 Å². The van der Waals surface area contributed by atoms with Gasteiger partial charge in [0.2, 0.25) is 5.75 Å². The summed E-state index contributed by atoms with van der Waals surface area (Å²) in [6, 6.07) is 3.03. The first kappa shape index (κ1) is 17.7. The summed E-state index contributed by atoms with van der Waals surface area (Å²) in [6.45, 7) is 7.73. The molecule has 1 saturated heterocycles. The molecule has 0 aromatic heterocycles. The Labute approximate surface area is 135 Å². The molecule has 1 aliphatic heterocycles. The van der Waals surface area contributed by atoms with Gasteiger partial charge in [-0.05, 0) is 37.5 Å². The van der Waals surface area contributed by atoms with Crippen LogP contribution in [0.3, 0.4) is 0 Å². The number of esters is 1. The molecule has 1 aromatic rings. The molecule has 1 heterocycles. The van der Waals surface area contributed by atoms with Crippen LogP contribution in [0.1, 0.15) is 45.6 Å². The third-order valence-corrected chi connectivity index (χ3v) is 3.60. The van der Waals surface area contributed by atoms with Crippen molar-refractivity contribution < 1.29 is 28.1 Å². The molecule has 23 heavy (non-hydrogen) atoms. The molecule has 1 aliphatic rings. The second kappa shape index (κ2) is 6.84. The minimum absolute atomic E-state index is 0.0159. The van der Waals surface area contributed by atoms with Crippen molar-refractivity contribution in [2.24, 2.45) is 0 Å². The first-order chi connectivity index (χ1) is 10.7. The van der Waals surface area contributed by atoms with Gasteiger partial charge in [-0.3, -0.25) is 4.79 Å². The van der Waals surface area contributed by atoms with Crippen LogP contribution in [0.5, 0.6) is 11.5 Å². The van der Waals surface area contributed by atoms with Gasteiger partial charge in [-0.25, -0.2) is 4.39 Å². The van der Waals surface area contributed by atoms with E-state index in [4.69, 9.17) is 18.9 Å². The van der Waals surface area contributed by atoms with Crippen molar-refractivity contribution in [1.29, 1.82) is 0 Å². The van der Waals surface area contributed by atoms with Gasteiger partial charge in [0.15, 0.2) is 17.4 Å². The van der Waals surface area contributed by atoms with Crippen molar-refractivity contribution in [3.05, 3.63) is 23.5 Å². The Morgan fingerprint density at radius 3 is 2.65 bits per heavy atom. The fourth-order valence-electron chi connectivity index (χ4n) is 2.38. The molecule has 5 nitrogen and oxygen atoms in total. The van der Waals surface area contributed by atoms with E-state index in [2.05, 4.69) is 0 Å². The molecule has 1 unspecified atom stereocenters. The van der Waals surface area contributed by atoms with Gasteiger partial charge >= 0.3 is 5.97 Å². The number of methoxy groups -OCH3 is 1. The topological polar surface area (TPSA) is 54.0 Å². The lowest BCUT2D eigenvalue weighted by molar-refractivity contribution is -0.148. The minimum Gasteiger partial charge on any atom is -0.493 e. The predicted octanol–water partition coefficient (Wildman–Crippen LogP) is 3.40. The summed E-state index contributed by atoms with van der Waals surface area (Å²) in [5, 5.41) is 0. The summed E-state index contributed by atoms with van der Waals surface area (Å²) in [5.74, 6) is -1.79. The van der Waals surface area contributed by atoms with E-state index >= 15 is 0 Å². The second-order valence-corrected chi connectivity index (χ2v) is 6.32. The molecular formula is C17H23FO5. The first-order valence-electron chi connectivity index (χ1n) is 7.61. The van der Waals surface area contributed by atoms with Crippen LogP contribution in [0.25, 0.3) is 0 Å². The zero-order valence-electron chi connectivity index (χ0n) is 14.1. The molecule has 0 N–H and O–H groups in total. The van der Waals surface area contributed by atoms with Gasteiger partial charge in [0.1, 0.15) is 0 Å². The van der Waals surface area contributed by atoms with Crippen molar-refractivity contribution in [3.63, 3.8) is 0 Å². The van der Waals surface area contributed by atoms with Crippen LogP contribution in [0.2, 0.25) is 0 Å². The standard InChI is InChI=1S/C17H23FO5/c1-10(2)11-6-13(18)16(14(7-11)20-5)22-15(19)8-12-9-21-17(3,4)23-12/h6-7,10,12H,8-9H2,1-5H3. The Bertz CT molecular complexity index is 583. The fraction of sp³-hybridized carbons (Fsp3) is 0.588. The van der Waals surface area contributed by atoms with Crippen LogP contribution in [0.15, 0.2) is 12.1 Å². The average Bonchev–Trinajstić information content (AvgIpc) is 2.79. The monoisotopic (exact) mass is 326 g/mol. The van der Waals surface area contributed by atoms with E-state index in [-0.39, 0.29) is 23.8 Å². The molecule has 0 radical (unpaired) electrons. The van der Waals surface area contributed by atoms with Crippen LogP contribution in [0.4, 0.5) is 4.39 Å². The normalized spacial score (nSPS) is 19.9. The van der Waals surface area contributed by atoms with Gasteiger partial charge < -0.3 is 18.9 Å². The third kappa shape index (κ3) is 4.42. The SMILES string of the molecule is COc1cc(C(C)C)cc(F)c1OC(=O)CC1COC(C)(C)O1. The molecule has 2 rings (SSSR count). The van der Waals surface area contributed by atoms with Crippen LogP contribution in [-0.2, 0) is 14.3 Å². The molecular weight excluding hydrogens is 303 g/mol. The van der Waals surface area contributed by atoms with E-state index in [1.807, 2.05) is 13.8 Å². The molecule has 128 valence electrons. The lowest BCUT2D eigenvalue weighted by Gasteiger charge is -2.17. The average molecular weight is 326 g/mol. The maximum absolute atomic E-state index is 14.2. The number of rotatable bonds is 5. The number of halogens is 1. The lowest BCUT2D eigenvalue weighted by atomic mass is 10.0. The Morgan fingerprint density at radius 1 is 1.43 bits per heavy atom. The summed E-state index contributed by atoms with van der Waals surface area (Å²) in [5.41, 5.74) is 0.772. The van der Waals surface area contributed by atoms with Crippen LogP contribution in [-0.4, -0.2) is 31.6 Å².